The normalized spacial score (nSPS) is 12.3. The average molecular weight is 359 g/mol. The van der Waals surface area contributed by atoms with Gasteiger partial charge in [-0.25, -0.2) is 0 Å². The van der Waals surface area contributed by atoms with Crippen molar-refractivity contribution in [1.82, 2.24) is 5.32 Å². The monoisotopic (exact) mass is 359 g/mol. The molecule has 0 saturated carbocycles. The third-order valence-electron chi connectivity index (χ3n) is 3.99. The highest BCUT2D eigenvalue weighted by Gasteiger charge is 2.17. The average Bonchev–Trinajstić information content (AvgIpc) is 2.70. The summed E-state index contributed by atoms with van der Waals surface area (Å²) in [4.78, 5) is 12.5. The van der Waals surface area contributed by atoms with Crippen LogP contribution in [0.15, 0.2) is 30.3 Å². The van der Waals surface area contributed by atoms with Crippen molar-refractivity contribution in [1.29, 1.82) is 0 Å². The van der Waals surface area contributed by atoms with Crippen molar-refractivity contribution >= 4 is 5.91 Å². The third-order valence-corrected chi connectivity index (χ3v) is 3.99. The molecule has 0 bridgehead atoms. The number of carbonyl (C=O) groups is 1. The Labute approximate surface area is 151 Å². The number of amides is 1. The molecule has 0 spiro atoms. The largest absolute Gasteiger partial charge is 0.493 e. The van der Waals surface area contributed by atoms with Gasteiger partial charge < -0.3 is 29.0 Å². The van der Waals surface area contributed by atoms with Gasteiger partial charge in [-0.2, -0.15) is 0 Å². The summed E-state index contributed by atoms with van der Waals surface area (Å²) < 4.78 is 26.9. The van der Waals surface area contributed by atoms with Gasteiger partial charge in [0.2, 0.25) is 5.75 Å². The fourth-order valence-electron chi connectivity index (χ4n) is 2.69. The van der Waals surface area contributed by atoms with Crippen molar-refractivity contribution in [2.24, 2.45) is 0 Å². The molecular weight excluding hydrogens is 338 g/mol. The van der Waals surface area contributed by atoms with Crippen molar-refractivity contribution in [3.05, 3.63) is 41.5 Å². The van der Waals surface area contributed by atoms with Gasteiger partial charge in [0.25, 0.3) is 5.91 Å². The van der Waals surface area contributed by atoms with Gasteiger partial charge in [0.15, 0.2) is 23.0 Å². The number of benzene rings is 2. The second-order valence-corrected chi connectivity index (χ2v) is 5.57. The molecule has 0 unspecified atom stereocenters. The van der Waals surface area contributed by atoms with Crippen LogP contribution in [0.25, 0.3) is 0 Å². The van der Waals surface area contributed by atoms with Gasteiger partial charge in [0.1, 0.15) is 13.2 Å². The summed E-state index contributed by atoms with van der Waals surface area (Å²) in [5, 5.41) is 2.87. The summed E-state index contributed by atoms with van der Waals surface area (Å²) >= 11 is 0. The molecule has 0 fully saturated rings. The van der Waals surface area contributed by atoms with Gasteiger partial charge in [0.05, 0.1) is 21.3 Å². The summed E-state index contributed by atoms with van der Waals surface area (Å²) in [7, 11) is 4.53. The van der Waals surface area contributed by atoms with Gasteiger partial charge in [-0.3, -0.25) is 4.79 Å². The number of methoxy groups -OCH3 is 3. The van der Waals surface area contributed by atoms with Crippen LogP contribution in [0.1, 0.15) is 15.9 Å². The number of nitrogens with one attached hydrogen (secondary N) is 1. The van der Waals surface area contributed by atoms with E-state index in [-0.39, 0.29) is 5.91 Å². The van der Waals surface area contributed by atoms with E-state index < -0.39 is 0 Å². The Morgan fingerprint density at radius 1 is 0.962 bits per heavy atom. The molecule has 0 radical (unpaired) electrons. The summed E-state index contributed by atoms with van der Waals surface area (Å²) in [6, 6.07) is 8.82. The second-order valence-electron chi connectivity index (χ2n) is 5.57. The maximum Gasteiger partial charge on any atom is 0.251 e. The fourth-order valence-corrected chi connectivity index (χ4v) is 2.69. The molecule has 0 aliphatic carbocycles. The van der Waals surface area contributed by atoms with Gasteiger partial charge in [-0.15, -0.1) is 0 Å². The highest BCUT2D eigenvalue weighted by Crippen LogP contribution is 2.38. The Kier molecular flexibility index (Phi) is 5.36. The topological polar surface area (TPSA) is 75.3 Å². The molecule has 1 heterocycles. The Morgan fingerprint density at radius 3 is 2.23 bits per heavy atom. The molecule has 2 aromatic carbocycles. The first-order valence-electron chi connectivity index (χ1n) is 8.13. The van der Waals surface area contributed by atoms with E-state index in [1.165, 1.54) is 21.3 Å². The van der Waals surface area contributed by atoms with Crippen molar-refractivity contribution in [3.8, 4) is 28.7 Å². The quantitative estimate of drug-likeness (QED) is 0.854. The van der Waals surface area contributed by atoms with Crippen LogP contribution in [0.3, 0.4) is 0 Å². The van der Waals surface area contributed by atoms with Gasteiger partial charge >= 0.3 is 0 Å². The zero-order valence-corrected chi connectivity index (χ0v) is 15.0. The lowest BCUT2D eigenvalue weighted by Gasteiger charge is -2.19. The van der Waals surface area contributed by atoms with Gasteiger partial charge in [-0.1, -0.05) is 6.07 Å². The lowest BCUT2D eigenvalue weighted by Crippen LogP contribution is -2.23. The smallest absolute Gasteiger partial charge is 0.251 e. The van der Waals surface area contributed by atoms with Crippen molar-refractivity contribution in [2.45, 2.75) is 6.54 Å². The number of hydrogen-bond donors (Lipinski definition) is 1. The Hall–Kier alpha value is -3.09. The predicted molar refractivity (Wildman–Crippen MR) is 94.7 cm³/mol. The molecule has 2 aromatic rings. The Morgan fingerprint density at radius 2 is 1.62 bits per heavy atom. The number of hydrogen-bond acceptors (Lipinski definition) is 6. The van der Waals surface area contributed by atoms with Crippen LogP contribution in [-0.4, -0.2) is 40.5 Å². The molecule has 1 aliphatic rings. The van der Waals surface area contributed by atoms with Crippen LogP contribution < -0.4 is 29.0 Å². The number of rotatable bonds is 6. The summed E-state index contributed by atoms with van der Waals surface area (Å²) in [5.41, 5.74) is 1.33. The van der Waals surface area contributed by atoms with E-state index in [0.29, 0.717) is 48.3 Å². The first kappa shape index (κ1) is 17.7. The molecule has 0 atom stereocenters. The summed E-state index contributed by atoms with van der Waals surface area (Å²) in [6.07, 6.45) is 0. The van der Waals surface area contributed by atoms with E-state index in [1.807, 2.05) is 18.2 Å². The van der Waals surface area contributed by atoms with E-state index in [0.717, 1.165) is 11.3 Å². The first-order chi connectivity index (χ1) is 12.7. The molecule has 7 heteroatoms. The first-order valence-corrected chi connectivity index (χ1v) is 8.13. The lowest BCUT2D eigenvalue weighted by molar-refractivity contribution is 0.0950. The summed E-state index contributed by atoms with van der Waals surface area (Å²) in [6.45, 7) is 1.42. The Balaban J connectivity index is 1.74. The van der Waals surface area contributed by atoms with E-state index in [4.69, 9.17) is 23.7 Å². The van der Waals surface area contributed by atoms with Crippen molar-refractivity contribution in [3.63, 3.8) is 0 Å². The zero-order valence-electron chi connectivity index (χ0n) is 15.0. The van der Waals surface area contributed by atoms with Crippen LogP contribution in [-0.2, 0) is 6.54 Å². The third kappa shape index (κ3) is 3.61. The molecule has 3 rings (SSSR count). The summed E-state index contributed by atoms with van der Waals surface area (Å²) in [5.74, 6) is 2.46. The SMILES string of the molecule is COc1cc(C(=O)NCc2ccc3c(c2)OCCO3)cc(OC)c1OC. The molecule has 138 valence electrons. The van der Waals surface area contributed by atoms with Gasteiger partial charge in [-0.05, 0) is 29.8 Å². The highest BCUT2D eigenvalue weighted by molar-refractivity contribution is 5.95. The minimum atomic E-state index is -0.251. The second kappa shape index (κ2) is 7.86. The minimum absolute atomic E-state index is 0.251. The predicted octanol–water partition coefficient (Wildman–Crippen LogP) is 2.41. The van der Waals surface area contributed by atoms with Crippen LogP contribution in [0.2, 0.25) is 0 Å². The molecule has 26 heavy (non-hydrogen) atoms. The van der Waals surface area contributed by atoms with Crippen LogP contribution in [0, 0.1) is 0 Å². The van der Waals surface area contributed by atoms with Crippen LogP contribution in [0.4, 0.5) is 0 Å². The minimum Gasteiger partial charge on any atom is -0.493 e. The fraction of sp³-hybridized carbons (Fsp3) is 0.316. The highest BCUT2D eigenvalue weighted by atomic mass is 16.6. The number of carbonyl (C=O) groups excluding carboxylic acids is 1. The maximum atomic E-state index is 12.5. The molecule has 7 nitrogen and oxygen atoms in total. The molecule has 0 aromatic heterocycles. The zero-order chi connectivity index (χ0) is 18.5. The van der Waals surface area contributed by atoms with Crippen LogP contribution >= 0.6 is 0 Å². The van der Waals surface area contributed by atoms with Gasteiger partial charge in [0, 0.05) is 12.1 Å². The molecule has 1 amide bonds. The van der Waals surface area contributed by atoms with Crippen molar-refractivity contribution < 1.29 is 28.5 Å². The van der Waals surface area contributed by atoms with Crippen LogP contribution in [0.5, 0.6) is 28.7 Å². The molecular formula is C19H21NO6. The Bertz CT molecular complexity index is 780. The molecule has 1 N–H and O–H groups in total. The van der Waals surface area contributed by atoms with E-state index in [1.54, 1.807) is 12.1 Å². The van der Waals surface area contributed by atoms with Crippen molar-refractivity contribution in [2.75, 3.05) is 34.5 Å². The number of fused-ring (bicyclic) bond motifs is 1. The number of ether oxygens (including phenoxy) is 5. The van der Waals surface area contributed by atoms with E-state index in [2.05, 4.69) is 5.32 Å². The van der Waals surface area contributed by atoms with E-state index >= 15 is 0 Å². The van der Waals surface area contributed by atoms with E-state index in [9.17, 15) is 4.79 Å². The molecule has 0 saturated heterocycles. The lowest BCUT2D eigenvalue weighted by atomic mass is 10.1. The maximum absolute atomic E-state index is 12.5. The molecule has 1 aliphatic heterocycles. The standard InChI is InChI=1S/C19H21NO6/c1-22-16-9-13(10-17(23-2)18(16)24-3)19(21)20-11-12-4-5-14-15(8-12)26-7-6-25-14/h4-5,8-10H,6-7,11H2,1-3H3,(H,20,21).